The first-order valence-electron chi connectivity index (χ1n) is 6.48. The highest BCUT2D eigenvalue weighted by atomic mass is 32.1. The molecular formula is C14H18N2O3S. The summed E-state index contributed by atoms with van der Waals surface area (Å²) in [6.45, 7) is 3.52. The molecule has 3 N–H and O–H groups in total. The van der Waals surface area contributed by atoms with Crippen molar-refractivity contribution in [2.75, 3.05) is 6.61 Å². The predicted molar refractivity (Wildman–Crippen MR) is 78.8 cm³/mol. The molecule has 0 radical (unpaired) electrons. The molecule has 5 nitrogen and oxygen atoms in total. The van der Waals surface area contributed by atoms with E-state index in [0.717, 1.165) is 5.56 Å². The lowest BCUT2D eigenvalue weighted by atomic mass is 9.83. The first-order chi connectivity index (χ1) is 9.45. The molecule has 108 valence electrons. The Morgan fingerprint density at radius 1 is 1.45 bits per heavy atom. The van der Waals surface area contributed by atoms with Gasteiger partial charge < -0.3 is 20.5 Å². The molecule has 0 amide bonds. The number of hydrogen-bond donors (Lipinski definition) is 3. The first-order valence-corrected chi connectivity index (χ1v) is 6.89. The van der Waals surface area contributed by atoms with Gasteiger partial charge >= 0.3 is 5.97 Å². The average Bonchev–Trinajstić information content (AvgIpc) is 2.37. The third kappa shape index (κ3) is 2.91. The number of benzene rings is 1. The van der Waals surface area contributed by atoms with Crippen LogP contribution in [0.3, 0.4) is 0 Å². The Morgan fingerprint density at radius 3 is 2.70 bits per heavy atom. The first kappa shape index (κ1) is 14.7. The van der Waals surface area contributed by atoms with Crippen LogP contribution in [0.1, 0.15) is 25.5 Å². The summed E-state index contributed by atoms with van der Waals surface area (Å²) in [5.74, 6) is -1.26. The third-order valence-corrected chi connectivity index (χ3v) is 3.51. The van der Waals surface area contributed by atoms with Crippen molar-refractivity contribution in [1.29, 1.82) is 0 Å². The van der Waals surface area contributed by atoms with Gasteiger partial charge in [0.15, 0.2) is 5.11 Å². The van der Waals surface area contributed by atoms with E-state index in [4.69, 9.17) is 17.0 Å². The third-order valence-electron chi connectivity index (χ3n) is 3.29. The van der Waals surface area contributed by atoms with E-state index in [2.05, 4.69) is 10.6 Å². The topological polar surface area (TPSA) is 70.6 Å². The number of ether oxygens (including phenoxy) is 1. The SMILES string of the molecule is CCOC(=O)[C@H]1[C@@H](c2ccccc2)NC(=S)N[C@@]1(C)O. The van der Waals surface area contributed by atoms with Gasteiger partial charge in [-0.15, -0.1) is 0 Å². The van der Waals surface area contributed by atoms with E-state index in [1.54, 1.807) is 6.92 Å². The molecule has 1 aliphatic rings. The fourth-order valence-electron chi connectivity index (χ4n) is 2.43. The van der Waals surface area contributed by atoms with Crippen LogP contribution >= 0.6 is 12.2 Å². The van der Waals surface area contributed by atoms with Crippen LogP contribution in [0.15, 0.2) is 30.3 Å². The summed E-state index contributed by atoms with van der Waals surface area (Å²) < 4.78 is 5.08. The molecule has 0 aromatic heterocycles. The van der Waals surface area contributed by atoms with E-state index < -0.39 is 23.7 Å². The quantitative estimate of drug-likeness (QED) is 0.573. The second-order valence-electron chi connectivity index (χ2n) is 4.86. The summed E-state index contributed by atoms with van der Waals surface area (Å²) >= 11 is 5.10. The summed E-state index contributed by atoms with van der Waals surface area (Å²) in [7, 11) is 0. The smallest absolute Gasteiger partial charge is 0.316 e. The Hall–Kier alpha value is -1.66. The zero-order chi connectivity index (χ0) is 14.8. The lowest BCUT2D eigenvalue weighted by Gasteiger charge is -2.43. The molecular weight excluding hydrogens is 276 g/mol. The van der Waals surface area contributed by atoms with Gasteiger partial charge in [0.2, 0.25) is 0 Å². The highest BCUT2D eigenvalue weighted by molar-refractivity contribution is 7.80. The number of hydrogen-bond acceptors (Lipinski definition) is 4. The predicted octanol–water partition coefficient (Wildman–Crippen LogP) is 1.09. The number of esters is 1. The molecule has 2 rings (SSSR count). The minimum Gasteiger partial charge on any atom is -0.466 e. The van der Waals surface area contributed by atoms with Crippen molar-refractivity contribution >= 4 is 23.3 Å². The summed E-state index contributed by atoms with van der Waals surface area (Å²) in [4.78, 5) is 12.2. The minimum atomic E-state index is -1.46. The molecule has 1 aromatic carbocycles. The minimum absolute atomic E-state index is 0.261. The largest absolute Gasteiger partial charge is 0.466 e. The lowest BCUT2D eigenvalue weighted by molar-refractivity contribution is -0.162. The van der Waals surface area contributed by atoms with Crippen molar-refractivity contribution in [3.05, 3.63) is 35.9 Å². The molecule has 0 spiro atoms. The molecule has 0 saturated carbocycles. The van der Waals surface area contributed by atoms with Crippen LogP contribution in [0.4, 0.5) is 0 Å². The number of thiocarbonyl (C=S) groups is 1. The van der Waals surface area contributed by atoms with Crippen LogP contribution in [0.25, 0.3) is 0 Å². The van der Waals surface area contributed by atoms with Crippen LogP contribution in [0.5, 0.6) is 0 Å². The molecule has 1 fully saturated rings. The van der Waals surface area contributed by atoms with Gasteiger partial charge in [-0.1, -0.05) is 30.3 Å². The van der Waals surface area contributed by atoms with Gasteiger partial charge in [-0.05, 0) is 31.6 Å². The Balaban J connectivity index is 2.39. The second-order valence-corrected chi connectivity index (χ2v) is 5.27. The van der Waals surface area contributed by atoms with Crippen molar-refractivity contribution < 1.29 is 14.6 Å². The van der Waals surface area contributed by atoms with Crippen molar-refractivity contribution in [1.82, 2.24) is 10.6 Å². The van der Waals surface area contributed by atoms with E-state index in [1.807, 2.05) is 30.3 Å². The molecule has 0 aliphatic carbocycles. The summed E-state index contributed by atoms with van der Waals surface area (Å²) in [6.07, 6.45) is 0. The monoisotopic (exact) mass is 294 g/mol. The molecule has 1 heterocycles. The van der Waals surface area contributed by atoms with Gasteiger partial charge in [-0.3, -0.25) is 4.79 Å². The molecule has 3 atom stereocenters. The van der Waals surface area contributed by atoms with E-state index in [1.165, 1.54) is 6.92 Å². The number of carbonyl (C=O) groups is 1. The number of rotatable bonds is 3. The Labute approximate surface area is 123 Å². The maximum absolute atomic E-state index is 12.2. The van der Waals surface area contributed by atoms with Crippen molar-refractivity contribution in [3.8, 4) is 0 Å². The lowest BCUT2D eigenvalue weighted by Crippen LogP contribution is -2.65. The fraction of sp³-hybridized carbons (Fsp3) is 0.429. The van der Waals surface area contributed by atoms with Crippen LogP contribution in [0.2, 0.25) is 0 Å². The van der Waals surface area contributed by atoms with Crippen LogP contribution in [-0.2, 0) is 9.53 Å². The molecule has 20 heavy (non-hydrogen) atoms. The zero-order valence-electron chi connectivity index (χ0n) is 11.4. The number of aliphatic hydroxyl groups is 1. The standard InChI is InChI=1S/C14H18N2O3S/c1-3-19-12(17)10-11(9-7-5-4-6-8-9)15-13(20)16-14(10,2)18/h4-8,10-11,18H,3H2,1-2H3,(H2,15,16,20)/t10-,11-,14+/m1/s1. The van der Waals surface area contributed by atoms with Gasteiger partial charge in [0, 0.05) is 0 Å². The van der Waals surface area contributed by atoms with Gasteiger partial charge in [0.05, 0.1) is 12.6 Å². The van der Waals surface area contributed by atoms with Gasteiger partial charge in [-0.25, -0.2) is 0 Å². The molecule has 0 bridgehead atoms. The highest BCUT2D eigenvalue weighted by Gasteiger charge is 2.48. The van der Waals surface area contributed by atoms with E-state index in [9.17, 15) is 9.90 Å². The normalized spacial score (nSPS) is 29.2. The van der Waals surface area contributed by atoms with E-state index in [0.29, 0.717) is 5.11 Å². The molecule has 6 heteroatoms. The summed E-state index contributed by atoms with van der Waals surface area (Å²) in [5.41, 5.74) is -0.593. The maximum atomic E-state index is 12.2. The highest BCUT2D eigenvalue weighted by Crippen LogP contribution is 2.33. The maximum Gasteiger partial charge on any atom is 0.316 e. The second kappa shape index (κ2) is 5.76. The van der Waals surface area contributed by atoms with E-state index >= 15 is 0 Å². The Morgan fingerprint density at radius 2 is 2.10 bits per heavy atom. The molecule has 0 unspecified atom stereocenters. The zero-order valence-corrected chi connectivity index (χ0v) is 12.2. The Kier molecular flexibility index (Phi) is 4.25. The van der Waals surface area contributed by atoms with Gasteiger partial charge in [0.25, 0.3) is 0 Å². The van der Waals surface area contributed by atoms with Gasteiger partial charge in [-0.2, -0.15) is 0 Å². The summed E-state index contributed by atoms with van der Waals surface area (Å²) in [6, 6.07) is 8.97. The summed E-state index contributed by atoms with van der Waals surface area (Å²) in [5, 5.41) is 16.6. The number of carbonyl (C=O) groups excluding carboxylic acids is 1. The number of nitrogens with one attached hydrogen (secondary N) is 2. The molecule has 1 aliphatic heterocycles. The van der Waals surface area contributed by atoms with Crippen LogP contribution in [0, 0.1) is 5.92 Å². The van der Waals surface area contributed by atoms with Crippen molar-refractivity contribution in [2.24, 2.45) is 5.92 Å². The van der Waals surface area contributed by atoms with Crippen LogP contribution < -0.4 is 10.6 Å². The average molecular weight is 294 g/mol. The van der Waals surface area contributed by atoms with Crippen LogP contribution in [-0.4, -0.2) is 28.5 Å². The van der Waals surface area contributed by atoms with Crippen molar-refractivity contribution in [3.63, 3.8) is 0 Å². The van der Waals surface area contributed by atoms with E-state index in [-0.39, 0.29) is 6.61 Å². The Bertz CT molecular complexity index is 504. The van der Waals surface area contributed by atoms with Crippen molar-refractivity contribution in [2.45, 2.75) is 25.6 Å². The fourth-order valence-corrected chi connectivity index (χ4v) is 2.76. The molecule has 1 aromatic rings. The van der Waals surface area contributed by atoms with Gasteiger partial charge in [0.1, 0.15) is 11.6 Å². The molecule has 1 saturated heterocycles.